The van der Waals surface area contributed by atoms with Crippen LogP contribution < -0.4 is 0 Å². The minimum atomic E-state index is 0.149. The largest absolute Gasteiger partial charge is 0.396 e. The van der Waals surface area contributed by atoms with Crippen LogP contribution in [0.3, 0.4) is 0 Å². The van der Waals surface area contributed by atoms with E-state index in [0.29, 0.717) is 41.2 Å². The van der Waals surface area contributed by atoms with Crippen molar-refractivity contribution in [2.24, 2.45) is 40.4 Å². The van der Waals surface area contributed by atoms with E-state index < -0.39 is 0 Å². The highest BCUT2D eigenvalue weighted by molar-refractivity contribution is 6.43. The molecule has 0 heterocycles. The third kappa shape index (κ3) is 2.42. The number of aliphatic hydroxyl groups excluding tert-OH is 1. The van der Waals surface area contributed by atoms with Crippen LogP contribution in [-0.4, -0.2) is 17.5 Å². The molecule has 0 unspecified atom stereocenters. The molecule has 0 bridgehead atoms. The molecule has 4 aliphatic carbocycles. The Morgan fingerprint density at radius 1 is 1.12 bits per heavy atom. The van der Waals surface area contributed by atoms with Gasteiger partial charge in [0.25, 0.3) is 0 Å². The summed E-state index contributed by atoms with van der Waals surface area (Å²) in [5, 5.41) is 10.3. The molecule has 2 nitrogen and oxygen atoms in total. The second kappa shape index (κ2) is 6.09. The standard InChI is InChI=1S/C22H33ClO2/c1-13(12-24)15-6-7-16-14-4-5-18-20(23)19(25)9-11-22(18,3)17(14)8-10-21(15,16)2/h13-17,24H,4-12H2,1-3H3/t13-,14+,15-,16+,17+,21-,22-/m1/s1. The van der Waals surface area contributed by atoms with Crippen LogP contribution in [0.1, 0.15) is 72.1 Å². The van der Waals surface area contributed by atoms with Gasteiger partial charge in [-0.25, -0.2) is 0 Å². The fourth-order valence-corrected chi connectivity index (χ4v) is 8.16. The maximum Gasteiger partial charge on any atom is 0.174 e. The molecular weight excluding hydrogens is 332 g/mol. The van der Waals surface area contributed by atoms with E-state index in [1.807, 2.05) is 0 Å². The van der Waals surface area contributed by atoms with Crippen LogP contribution >= 0.6 is 11.6 Å². The first-order valence-corrected chi connectivity index (χ1v) is 10.7. The van der Waals surface area contributed by atoms with E-state index in [1.165, 1.54) is 37.7 Å². The van der Waals surface area contributed by atoms with Gasteiger partial charge in [0.2, 0.25) is 0 Å². The Hall–Kier alpha value is -0.340. The molecule has 0 spiro atoms. The van der Waals surface area contributed by atoms with Gasteiger partial charge in [0.15, 0.2) is 5.78 Å². The van der Waals surface area contributed by atoms with Gasteiger partial charge >= 0.3 is 0 Å². The first kappa shape index (κ1) is 18.0. The van der Waals surface area contributed by atoms with Gasteiger partial charge in [0, 0.05) is 13.0 Å². The number of carbonyl (C=O) groups excluding carboxylic acids is 1. The zero-order valence-electron chi connectivity index (χ0n) is 16.0. The number of allylic oxidation sites excluding steroid dienone is 1. The van der Waals surface area contributed by atoms with Crippen LogP contribution in [-0.2, 0) is 4.79 Å². The smallest absolute Gasteiger partial charge is 0.174 e. The predicted molar refractivity (Wildman–Crippen MR) is 101 cm³/mol. The van der Waals surface area contributed by atoms with Gasteiger partial charge in [-0.3, -0.25) is 4.79 Å². The van der Waals surface area contributed by atoms with Crippen molar-refractivity contribution in [3.63, 3.8) is 0 Å². The van der Waals surface area contributed by atoms with E-state index in [9.17, 15) is 9.90 Å². The molecule has 25 heavy (non-hydrogen) atoms. The van der Waals surface area contributed by atoms with Crippen LogP contribution in [0, 0.1) is 40.4 Å². The first-order valence-electron chi connectivity index (χ1n) is 10.4. The Morgan fingerprint density at radius 2 is 1.88 bits per heavy atom. The first-order chi connectivity index (χ1) is 11.8. The van der Waals surface area contributed by atoms with Crippen molar-refractivity contribution in [1.29, 1.82) is 0 Å². The van der Waals surface area contributed by atoms with Crippen molar-refractivity contribution < 1.29 is 9.90 Å². The summed E-state index contributed by atoms with van der Waals surface area (Å²) in [6, 6.07) is 0. The second-order valence-corrected chi connectivity index (χ2v) is 10.3. The normalized spacial score (nSPS) is 48.0. The summed E-state index contributed by atoms with van der Waals surface area (Å²) in [5.74, 6) is 3.53. The molecule has 4 rings (SSSR count). The SMILES string of the molecule is C[C@H](CO)[C@H]1CC[C@H]2[C@@H]3CCC4=C(Cl)C(=O)CC[C@]4(C)[C@H]3CC[C@]12C. The monoisotopic (exact) mass is 364 g/mol. The average Bonchev–Trinajstić information content (AvgIpc) is 2.95. The Morgan fingerprint density at radius 3 is 2.60 bits per heavy atom. The van der Waals surface area contributed by atoms with Crippen molar-refractivity contribution in [1.82, 2.24) is 0 Å². The summed E-state index contributed by atoms with van der Waals surface area (Å²) in [4.78, 5) is 12.1. The molecule has 1 N–H and O–H groups in total. The quantitative estimate of drug-likeness (QED) is 0.719. The van der Waals surface area contributed by atoms with Crippen molar-refractivity contribution in [2.45, 2.75) is 72.1 Å². The summed E-state index contributed by atoms with van der Waals surface area (Å²) in [6.07, 6.45) is 9.02. The molecule has 3 saturated carbocycles. The van der Waals surface area contributed by atoms with Gasteiger partial charge in [-0.2, -0.15) is 0 Å². The number of ketones is 1. The Balaban J connectivity index is 1.66. The van der Waals surface area contributed by atoms with Crippen LogP contribution in [0.15, 0.2) is 10.6 Å². The highest BCUT2D eigenvalue weighted by Gasteiger charge is 2.59. The Kier molecular flexibility index (Phi) is 4.40. The van der Waals surface area contributed by atoms with Crippen molar-refractivity contribution >= 4 is 17.4 Å². The van der Waals surface area contributed by atoms with Gasteiger partial charge in [0.05, 0.1) is 5.03 Å². The zero-order valence-corrected chi connectivity index (χ0v) is 16.7. The molecule has 0 radical (unpaired) electrons. The summed E-state index contributed by atoms with van der Waals surface area (Å²) in [6.45, 7) is 7.48. The van der Waals surface area contributed by atoms with Gasteiger partial charge in [0.1, 0.15) is 0 Å². The van der Waals surface area contributed by atoms with Crippen LogP contribution in [0.5, 0.6) is 0 Å². The lowest BCUT2D eigenvalue weighted by Crippen LogP contribution is -2.51. The molecule has 140 valence electrons. The lowest BCUT2D eigenvalue weighted by atomic mass is 9.46. The zero-order chi connectivity index (χ0) is 18.0. The Labute approximate surface area is 157 Å². The van der Waals surface area contributed by atoms with Crippen molar-refractivity contribution in [2.75, 3.05) is 6.61 Å². The number of carbonyl (C=O) groups is 1. The summed E-state index contributed by atoms with van der Waals surface area (Å²) >= 11 is 6.49. The van der Waals surface area contributed by atoms with E-state index in [4.69, 9.17) is 11.6 Å². The maximum absolute atomic E-state index is 12.1. The van der Waals surface area contributed by atoms with Gasteiger partial charge in [-0.1, -0.05) is 32.4 Å². The van der Waals surface area contributed by atoms with Crippen LogP contribution in [0.2, 0.25) is 0 Å². The predicted octanol–water partition coefficient (Wildman–Crippen LogP) is 5.33. The van der Waals surface area contributed by atoms with E-state index in [0.717, 1.165) is 24.7 Å². The number of hydrogen-bond acceptors (Lipinski definition) is 2. The summed E-state index contributed by atoms with van der Waals surface area (Å²) in [5.41, 5.74) is 1.83. The fourth-order valence-electron chi connectivity index (χ4n) is 7.75. The number of rotatable bonds is 2. The second-order valence-electron chi connectivity index (χ2n) is 9.94. The highest BCUT2D eigenvalue weighted by Crippen LogP contribution is 2.67. The number of fused-ring (bicyclic) bond motifs is 5. The number of hydrogen-bond donors (Lipinski definition) is 1. The topological polar surface area (TPSA) is 37.3 Å². The molecule has 3 heteroatoms. The van der Waals surface area contributed by atoms with Gasteiger partial charge in [-0.05, 0) is 90.9 Å². The number of aliphatic hydroxyl groups is 1. The summed E-state index contributed by atoms with van der Waals surface area (Å²) in [7, 11) is 0. The minimum absolute atomic E-state index is 0.149. The molecule has 4 aliphatic rings. The lowest BCUT2D eigenvalue weighted by Gasteiger charge is -2.58. The van der Waals surface area contributed by atoms with E-state index >= 15 is 0 Å². The van der Waals surface area contributed by atoms with E-state index in [1.54, 1.807) is 0 Å². The van der Waals surface area contributed by atoms with Gasteiger partial charge in [-0.15, -0.1) is 0 Å². The highest BCUT2D eigenvalue weighted by atomic mass is 35.5. The van der Waals surface area contributed by atoms with E-state index in [-0.39, 0.29) is 11.2 Å². The molecule has 0 amide bonds. The fraction of sp³-hybridized carbons (Fsp3) is 0.864. The molecule has 0 saturated heterocycles. The molecular formula is C22H33ClO2. The number of halogens is 1. The molecule has 7 atom stereocenters. The molecule has 0 aliphatic heterocycles. The molecule has 0 aromatic heterocycles. The van der Waals surface area contributed by atoms with Gasteiger partial charge < -0.3 is 5.11 Å². The van der Waals surface area contributed by atoms with Crippen molar-refractivity contribution in [3.05, 3.63) is 10.6 Å². The van der Waals surface area contributed by atoms with Crippen LogP contribution in [0.4, 0.5) is 0 Å². The molecule has 0 aromatic carbocycles. The minimum Gasteiger partial charge on any atom is -0.396 e. The molecule has 3 fully saturated rings. The van der Waals surface area contributed by atoms with E-state index in [2.05, 4.69) is 20.8 Å². The van der Waals surface area contributed by atoms with Crippen LogP contribution in [0.25, 0.3) is 0 Å². The Bertz CT molecular complexity index is 611. The third-order valence-electron chi connectivity index (χ3n) is 9.10. The van der Waals surface area contributed by atoms with Crippen molar-refractivity contribution in [3.8, 4) is 0 Å². The molecule has 0 aromatic rings. The third-order valence-corrected chi connectivity index (χ3v) is 9.54. The summed E-state index contributed by atoms with van der Waals surface area (Å²) < 4.78 is 0. The maximum atomic E-state index is 12.1. The lowest BCUT2D eigenvalue weighted by molar-refractivity contribution is -0.118. The number of Topliss-reactive ketones (excluding diaryl/α,β-unsaturated/α-hetero) is 1. The average molecular weight is 365 g/mol.